The molecule has 1 atom stereocenters. The van der Waals surface area contributed by atoms with Crippen LogP contribution in [0.15, 0.2) is 48.5 Å². The van der Waals surface area contributed by atoms with Gasteiger partial charge in [0.15, 0.2) is 0 Å². The second kappa shape index (κ2) is 10.8. The molecule has 0 bridgehead atoms. The van der Waals surface area contributed by atoms with Gasteiger partial charge in [-0.2, -0.15) is 0 Å². The molecule has 0 aliphatic carbocycles. The third kappa shape index (κ3) is 8.98. The van der Waals surface area contributed by atoms with E-state index in [0.717, 1.165) is 19.4 Å². The molecule has 6 heteroatoms. The second-order valence-electron chi connectivity index (χ2n) is 7.81. The number of aromatic carboxylic acids is 1. The van der Waals surface area contributed by atoms with E-state index in [4.69, 9.17) is 19.3 Å². The molecular formula is C23H30O6. The molecular weight excluding hydrogens is 372 g/mol. The van der Waals surface area contributed by atoms with E-state index in [1.807, 2.05) is 45.0 Å². The molecule has 0 radical (unpaired) electrons. The number of rotatable bonds is 11. The summed E-state index contributed by atoms with van der Waals surface area (Å²) in [7, 11) is 0. The van der Waals surface area contributed by atoms with Gasteiger partial charge in [0.1, 0.15) is 30.8 Å². The SMILES string of the molecule is CC(C)(C)OCCCc1ccc(OCC(O)COc2ccc(C(=O)O)cc2)cc1. The van der Waals surface area contributed by atoms with Gasteiger partial charge in [-0.05, 0) is 75.6 Å². The lowest BCUT2D eigenvalue weighted by atomic mass is 10.1. The van der Waals surface area contributed by atoms with Gasteiger partial charge in [-0.15, -0.1) is 0 Å². The fourth-order valence-electron chi connectivity index (χ4n) is 2.53. The molecule has 6 nitrogen and oxygen atoms in total. The topological polar surface area (TPSA) is 85.2 Å². The lowest BCUT2D eigenvalue weighted by molar-refractivity contribution is -0.00385. The molecule has 0 heterocycles. The van der Waals surface area contributed by atoms with Crippen molar-refractivity contribution in [2.75, 3.05) is 19.8 Å². The van der Waals surface area contributed by atoms with Crippen molar-refractivity contribution in [2.24, 2.45) is 0 Å². The molecule has 1 unspecified atom stereocenters. The molecule has 0 aliphatic rings. The van der Waals surface area contributed by atoms with Gasteiger partial charge in [-0.1, -0.05) is 12.1 Å². The number of aryl methyl sites for hydroxylation is 1. The van der Waals surface area contributed by atoms with Crippen LogP contribution in [0.3, 0.4) is 0 Å². The zero-order valence-corrected chi connectivity index (χ0v) is 17.3. The lowest BCUT2D eigenvalue weighted by Crippen LogP contribution is -2.25. The molecule has 0 spiro atoms. The Morgan fingerprint density at radius 3 is 1.93 bits per heavy atom. The molecule has 2 aromatic rings. The van der Waals surface area contributed by atoms with E-state index in [-0.39, 0.29) is 24.4 Å². The monoisotopic (exact) mass is 402 g/mol. The first kappa shape index (κ1) is 22.7. The Balaban J connectivity index is 1.67. The van der Waals surface area contributed by atoms with Gasteiger partial charge in [-0.25, -0.2) is 4.79 Å². The van der Waals surface area contributed by atoms with E-state index in [9.17, 15) is 9.90 Å². The van der Waals surface area contributed by atoms with Crippen molar-refractivity contribution in [2.45, 2.75) is 45.3 Å². The van der Waals surface area contributed by atoms with Crippen LogP contribution in [0.4, 0.5) is 0 Å². The highest BCUT2D eigenvalue weighted by Crippen LogP contribution is 2.16. The smallest absolute Gasteiger partial charge is 0.335 e. The van der Waals surface area contributed by atoms with E-state index in [1.54, 1.807) is 12.1 Å². The molecule has 0 saturated heterocycles. The molecule has 2 aromatic carbocycles. The number of aliphatic hydroxyl groups is 1. The average molecular weight is 402 g/mol. The zero-order chi connectivity index (χ0) is 21.3. The van der Waals surface area contributed by atoms with Crippen LogP contribution in [0.2, 0.25) is 0 Å². The zero-order valence-electron chi connectivity index (χ0n) is 17.3. The maximum absolute atomic E-state index is 10.8. The van der Waals surface area contributed by atoms with Crippen molar-refractivity contribution in [3.05, 3.63) is 59.7 Å². The highest BCUT2D eigenvalue weighted by molar-refractivity contribution is 5.87. The van der Waals surface area contributed by atoms with Gasteiger partial charge in [0, 0.05) is 6.61 Å². The minimum Gasteiger partial charge on any atom is -0.491 e. The number of carboxylic acids is 1. The number of hydrogen-bond donors (Lipinski definition) is 2. The largest absolute Gasteiger partial charge is 0.491 e. The summed E-state index contributed by atoms with van der Waals surface area (Å²) in [4.78, 5) is 10.8. The van der Waals surface area contributed by atoms with Crippen molar-refractivity contribution in [3.8, 4) is 11.5 Å². The fraction of sp³-hybridized carbons (Fsp3) is 0.435. The maximum Gasteiger partial charge on any atom is 0.335 e. The van der Waals surface area contributed by atoms with E-state index in [2.05, 4.69) is 0 Å². The quantitative estimate of drug-likeness (QED) is 0.554. The van der Waals surface area contributed by atoms with Gasteiger partial charge >= 0.3 is 5.97 Å². The summed E-state index contributed by atoms with van der Waals surface area (Å²) in [6.07, 6.45) is 1.09. The highest BCUT2D eigenvalue weighted by atomic mass is 16.5. The third-order valence-corrected chi connectivity index (χ3v) is 4.05. The summed E-state index contributed by atoms with van der Waals surface area (Å²) >= 11 is 0. The minimum absolute atomic E-state index is 0.0538. The van der Waals surface area contributed by atoms with Crippen LogP contribution in [-0.2, 0) is 11.2 Å². The maximum atomic E-state index is 10.8. The molecule has 0 aliphatic heterocycles. The first-order valence-corrected chi connectivity index (χ1v) is 9.73. The van der Waals surface area contributed by atoms with E-state index in [0.29, 0.717) is 11.5 Å². The summed E-state index contributed by atoms with van der Waals surface area (Å²) in [5.41, 5.74) is 1.29. The first-order valence-electron chi connectivity index (χ1n) is 9.73. The van der Waals surface area contributed by atoms with Crippen molar-refractivity contribution >= 4 is 5.97 Å². The lowest BCUT2D eigenvalue weighted by Gasteiger charge is -2.19. The normalized spacial score (nSPS) is 12.4. The van der Waals surface area contributed by atoms with Crippen molar-refractivity contribution in [1.29, 1.82) is 0 Å². The summed E-state index contributed by atoms with van der Waals surface area (Å²) in [6.45, 7) is 7.03. The molecule has 0 amide bonds. The minimum atomic E-state index is -0.991. The second-order valence-corrected chi connectivity index (χ2v) is 7.81. The van der Waals surface area contributed by atoms with E-state index >= 15 is 0 Å². The van der Waals surface area contributed by atoms with Crippen LogP contribution in [0.25, 0.3) is 0 Å². The molecule has 2 N–H and O–H groups in total. The van der Waals surface area contributed by atoms with Gasteiger partial charge in [0.05, 0.1) is 11.2 Å². The van der Waals surface area contributed by atoms with Crippen LogP contribution in [-0.4, -0.2) is 47.7 Å². The van der Waals surface area contributed by atoms with Crippen LogP contribution >= 0.6 is 0 Å². The number of carboxylic acid groups (broad SMARTS) is 1. The molecule has 0 saturated carbocycles. The molecule has 158 valence electrons. The average Bonchev–Trinajstić information content (AvgIpc) is 2.68. The van der Waals surface area contributed by atoms with Crippen molar-refractivity contribution in [1.82, 2.24) is 0 Å². The summed E-state index contributed by atoms with van der Waals surface area (Å²) in [6, 6.07) is 13.8. The predicted octanol–water partition coefficient (Wildman–Crippen LogP) is 3.95. The van der Waals surface area contributed by atoms with Crippen LogP contribution in [0.5, 0.6) is 11.5 Å². The molecule has 2 rings (SSSR count). The third-order valence-electron chi connectivity index (χ3n) is 4.05. The van der Waals surface area contributed by atoms with Crippen LogP contribution in [0, 0.1) is 0 Å². The van der Waals surface area contributed by atoms with Crippen molar-refractivity contribution < 1.29 is 29.2 Å². The molecule has 29 heavy (non-hydrogen) atoms. The van der Waals surface area contributed by atoms with E-state index < -0.39 is 12.1 Å². The molecule has 0 aromatic heterocycles. The number of ether oxygens (including phenoxy) is 3. The van der Waals surface area contributed by atoms with Crippen LogP contribution in [0.1, 0.15) is 43.1 Å². The number of hydrogen-bond acceptors (Lipinski definition) is 5. The summed E-state index contributed by atoms with van der Waals surface area (Å²) in [5, 5.41) is 18.9. The Hall–Kier alpha value is -2.57. The number of benzene rings is 2. The first-order chi connectivity index (χ1) is 13.7. The standard InChI is InChI=1S/C23H30O6/c1-23(2,3)29-14-4-5-17-6-10-20(11-7-17)27-15-19(24)16-28-21-12-8-18(9-13-21)22(25)26/h6-13,19,24H,4-5,14-16H2,1-3H3,(H,25,26). The van der Waals surface area contributed by atoms with Gasteiger partial charge in [-0.3, -0.25) is 0 Å². The summed E-state index contributed by atoms with van der Waals surface area (Å²) < 4.78 is 16.8. The Kier molecular flexibility index (Phi) is 8.49. The summed E-state index contributed by atoms with van der Waals surface area (Å²) in [5.74, 6) is 0.188. The Labute approximate surface area is 172 Å². The number of aliphatic hydroxyl groups excluding tert-OH is 1. The van der Waals surface area contributed by atoms with Crippen LogP contribution < -0.4 is 9.47 Å². The Morgan fingerprint density at radius 1 is 0.931 bits per heavy atom. The van der Waals surface area contributed by atoms with Gasteiger partial charge < -0.3 is 24.4 Å². The van der Waals surface area contributed by atoms with Gasteiger partial charge in [0.25, 0.3) is 0 Å². The number of carbonyl (C=O) groups is 1. The Morgan fingerprint density at radius 2 is 1.45 bits per heavy atom. The fourth-order valence-corrected chi connectivity index (χ4v) is 2.53. The van der Waals surface area contributed by atoms with E-state index in [1.165, 1.54) is 17.7 Å². The Bertz CT molecular complexity index is 746. The highest BCUT2D eigenvalue weighted by Gasteiger charge is 2.10. The van der Waals surface area contributed by atoms with Crippen molar-refractivity contribution in [3.63, 3.8) is 0 Å². The van der Waals surface area contributed by atoms with Gasteiger partial charge in [0.2, 0.25) is 0 Å². The molecule has 0 fully saturated rings. The predicted molar refractivity (Wildman–Crippen MR) is 111 cm³/mol.